The molecule has 0 aromatic carbocycles. The molecule has 0 bridgehead atoms. The van der Waals surface area contributed by atoms with E-state index in [1.54, 1.807) is 0 Å². The van der Waals surface area contributed by atoms with Crippen molar-refractivity contribution >= 4 is 11.3 Å². The minimum Gasteiger partial charge on any atom is -0.307 e. The van der Waals surface area contributed by atoms with Crippen LogP contribution in [0.4, 0.5) is 0 Å². The summed E-state index contributed by atoms with van der Waals surface area (Å²) in [5, 5.41) is 3.84. The van der Waals surface area contributed by atoms with Crippen LogP contribution in [-0.2, 0) is 6.42 Å². The summed E-state index contributed by atoms with van der Waals surface area (Å²) in [6, 6.07) is 5.85. The Labute approximate surface area is 116 Å². The molecule has 2 heteroatoms. The van der Waals surface area contributed by atoms with Crippen molar-refractivity contribution in [2.75, 3.05) is 0 Å². The molecule has 0 amide bonds. The maximum Gasteiger partial charge on any atom is 0.0388 e. The van der Waals surface area contributed by atoms with Gasteiger partial charge >= 0.3 is 0 Å². The van der Waals surface area contributed by atoms with Crippen LogP contribution in [0.15, 0.2) is 12.1 Å². The van der Waals surface area contributed by atoms with E-state index in [2.05, 4.69) is 38.2 Å². The SMILES string of the molecule is CCc1ccc(C(C)NC2CCCC(C)CC2)s1. The molecule has 1 aromatic heterocycles. The highest BCUT2D eigenvalue weighted by Crippen LogP contribution is 2.27. The average Bonchev–Trinajstić information content (AvgIpc) is 2.76. The zero-order valence-corrected chi connectivity index (χ0v) is 12.9. The third-order valence-corrected chi connectivity index (χ3v) is 5.61. The minimum atomic E-state index is 0.522. The lowest BCUT2D eigenvalue weighted by molar-refractivity contribution is 0.411. The van der Waals surface area contributed by atoms with Crippen LogP contribution in [0, 0.1) is 5.92 Å². The number of hydrogen-bond donors (Lipinski definition) is 1. The number of nitrogens with one attached hydrogen (secondary N) is 1. The third-order valence-electron chi connectivity index (χ3n) is 4.20. The summed E-state index contributed by atoms with van der Waals surface area (Å²) in [5.74, 6) is 0.931. The average molecular weight is 265 g/mol. The molecule has 102 valence electrons. The molecule has 0 aliphatic heterocycles. The first kappa shape index (κ1) is 14.1. The highest BCUT2D eigenvalue weighted by Gasteiger charge is 2.18. The first-order chi connectivity index (χ1) is 8.69. The highest BCUT2D eigenvalue weighted by molar-refractivity contribution is 7.12. The van der Waals surface area contributed by atoms with Gasteiger partial charge in [-0.05, 0) is 50.7 Å². The Bertz CT molecular complexity index is 358. The summed E-state index contributed by atoms with van der Waals surface area (Å²) < 4.78 is 0. The summed E-state index contributed by atoms with van der Waals surface area (Å²) in [5.41, 5.74) is 0. The number of hydrogen-bond acceptors (Lipinski definition) is 2. The van der Waals surface area contributed by atoms with Gasteiger partial charge in [-0.3, -0.25) is 0 Å². The van der Waals surface area contributed by atoms with Crippen LogP contribution >= 0.6 is 11.3 Å². The largest absolute Gasteiger partial charge is 0.307 e. The highest BCUT2D eigenvalue weighted by atomic mass is 32.1. The van der Waals surface area contributed by atoms with Crippen molar-refractivity contribution in [3.8, 4) is 0 Å². The standard InChI is InChI=1S/C16H27NS/c1-4-15-10-11-16(18-15)13(3)17-14-7-5-6-12(2)8-9-14/h10-14,17H,4-9H2,1-3H3. The second kappa shape index (κ2) is 6.72. The second-order valence-electron chi connectivity index (χ2n) is 5.86. The van der Waals surface area contributed by atoms with E-state index in [9.17, 15) is 0 Å². The van der Waals surface area contributed by atoms with Crippen molar-refractivity contribution in [2.24, 2.45) is 5.92 Å². The Kier molecular flexibility index (Phi) is 5.25. The Hall–Kier alpha value is -0.340. The lowest BCUT2D eigenvalue weighted by Crippen LogP contribution is -2.30. The normalized spacial score (nSPS) is 26.8. The van der Waals surface area contributed by atoms with Crippen LogP contribution < -0.4 is 5.32 Å². The Balaban J connectivity index is 1.88. The van der Waals surface area contributed by atoms with Gasteiger partial charge < -0.3 is 5.32 Å². The molecule has 1 fully saturated rings. The van der Waals surface area contributed by atoms with E-state index in [1.807, 2.05) is 11.3 Å². The molecule has 1 aliphatic rings. The summed E-state index contributed by atoms with van der Waals surface area (Å²) in [7, 11) is 0. The molecule has 0 saturated heterocycles. The molecule has 3 unspecified atom stereocenters. The first-order valence-electron chi connectivity index (χ1n) is 7.53. The molecule has 2 rings (SSSR count). The summed E-state index contributed by atoms with van der Waals surface area (Å²) in [6.07, 6.45) is 8.10. The van der Waals surface area contributed by atoms with E-state index in [0.29, 0.717) is 6.04 Å². The quantitative estimate of drug-likeness (QED) is 0.761. The molecule has 0 spiro atoms. The van der Waals surface area contributed by atoms with Crippen molar-refractivity contribution in [1.29, 1.82) is 0 Å². The van der Waals surface area contributed by atoms with Crippen molar-refractivity contribution < 1.29 is 0 Å². The Morgan fingerprint density at radius 1 is 1.28 bits per heavy atom. The van der Waals surface area contributed by atoms with E-state index < -0.39 is 0 Å². The van der Waals surface area contributed by atoms with E-state index in [1.165, 1.54) is 48.3 Å². The number of thiophene rings is 1. The van der Waals surface area contributed by atoms with Crippen LogP contribution in [0.2, 0.25) is 0 Å². The summed E-state index contributed by atoms with van der Waals surface area (Å²) in [6.45, 7) is 6.96. The van der Waals surface area contributed by atoms with Gasteiger partial charge in [0.15, 0.2) is 0 Å². The fourth-order valence-electron chi connectivity index (χ4n) is 2.91. The predicted molar refractivity (Wildman–Crippen MR) is 81.3 cm³/mol. The van der Waals surface area contributed by atoms with Crippen LogP contribution in [0.5, 0.6) is 0 Å². The van der Waals surface area contributed by atoms with Gasteiger partial charge in [-0.15, -0.1) is 11.3 Å². The van der Waals surface area contributed by atoms with E-state index in [0.717, 1.165) is 12.0 Å². The summed E-state index contributed by atoms with van der Waals surface area (Å²) in [4.78, 5) is 3.01. The van der Waals surface area contributed by atoms with Crippen molar-refractivity contribution in [3.05, 3.63) is 21.9 Å². The molecule has 1 aromatic rings. The van der Waals surface area contributed by atoms with E-state index in [-0.39, 0.29) is 0 Å². The van der Waals surface area contributed by atoms with E-state index >= 15 is 0 Å². The molecule has 0 radical (unpaired) electrons. The van der Waals surface area contributed by atoms with Gasteiger partial charge in [0, 0.05) is 21.8 Å². The lowest BCUT2D eigenvalue weighted by atomic mass is 10.0. The molecule has 1 nitrogen and oxygen atoms in total. The minimum absolute atomic E-state index is 0.522. The maximum atomic E-state index is 3.84. The van der Waals surface area contributed by atoms with Gasteiger partial charge in [0.25, 0.3) is 0 Å². The fraction of sp³-hybridized carbons (Fsp3) is 0.750. The van der Waals surface area contributed by atoms with Crippen molar-refractivity contribution in [2.45, 2.75) is 71.4 Å². The van der Waals surface area contributed by atoms with Crippen LogP contribution in [-0.4, -0.2) is 6.04 Å². The van der Waals surface area contributed by atoms with Gasteiger partial charge in [0.1, 0.15) is 0 Å². The molecule has 18 heavy (non-hydrogen) atoms. The van der Waals surface area contributed by atoms with Gasteiger partial charge in [0.2, 0.25) is 0 Å². The Morgan fingerprint density at radius 2 is 2.11 bits per heavy atom. The number of aryl methyl sites for hydroxylation is 1. The molecule has 1 saturated carbocycles. The van der Waals surface area contributed by atoms with Crippen molar-refractivity contribution in [3.63, 3.8) is 0 Å². The van der Waals surface area contributed by atoms with Gasteiger partial charge in [-0.2, -0.15) is 0 Å². The van der Waals surface area contributed by atoms with Crippen LogP contribution in [0.1, 0.15) is 68.7 Å². The fourth-order valence-corrected chi connectivity index (χ4v) is 3.87. The Morgan fingerprint density at radius 3 is 2.83 bits per heavy atom. The smallest absolute Gasteiger partial charge is 0.0388 e. The molecule has 1 heterocycles. The van der Waals surface area contributed by atoms with Gasteiger partial charge in [0.05, 0.1) is 0 Å². The maximum absolute atomic E-state index is 3.84. The van der Waals surface area contributed by atoms with Crippen LogP contribution in [0.3, 0.4) is 0 Å². The van der Waals surface area contributed by atoms with E-state index in [4.69, 9.17) is 0 Å². The molecule has 1 aliphatic carbocycles. The van der Waals surface area contributed by atoms with Crippen molar-refractivity contribution in [1.82, 2.24) is 5.32 Å². The topological polar surface area (TPSA) is 12.0 Å². The first-order valence-corrected chi connectivity index (χ1v) is 8.35. The molecular weight excluding hydrogens is 238 g/mol. The third kappa shape index (κ3) is 3.83. The predicted octanol–water partition coefficient (Wildman–Crippen LogP) is 4.93. The van der Waals surface area contributed by atoms with Crippen LogP contribution in [0.25, 0.3) is 0 Å². The second-order valence-corrected chi connectivity index (χ2v) is 7.06. The molecular formula is C16H27NS. The monoisotopic (exact) mass is 265 g/mol. The molecule has 1 N–H and O–H groups in total. The number of rotatable bonds is 4. The zero-order valence-electron chi connectivity index (χ0n) is 12.0. The van der Waals surface area contributed by atoms with Gasteiger partial charge in [-0.25, -0.2) is 0 Å². The zero-order chi connectivity index (χ0) is 13.0. The van der Waals surface area contributed by atoms with Gasteiger partial charge in [-0.1, -0.05) is 26.7 Å². The summed E-state index contributed by atoms with van der Waals surface area (Å²) >= 11 is 1.97. The lowest BCUT2D eigenvalue weighted by Gasteiger charge is -2.21. The molecule has 3 atom stereocenters.